The Morgan fingerprint density at radius 1 is 1.13 bits per heavy atom. The van der Waals surface area contributed by atoms with Gasteiger partial charge in [-0.3, -0.25) is 0 Å². The lowest BCUT2D eigenvalue weighted by Crippen LogP contribution is -2.35. The smallest absolute Gasteiger partial charge is 0.224 e. The summed E-state index contributed by atoms with van der Waals surface area (Å²) in [4.78, 5) is 11.3. The van der Waals surface area contributed by atoms with E-state index in [2.05, 4.69) is 57.4 Å². The molecule has 1 saturated heterocycles. The van der Waals surface area contributed by atoms with Gasteiger partial charge in [0.15, 0.2) is 0 Å². The molecular weight excluding hydrogens is 284 g/mol. The predicted molar refractivity (Wildman–Crippen MR) is 95.9 cm³/mol. The van der Waals surface area contributed by atoms with Gasteiger partial charge >= 0.3 is 0 Å². The van der Waals surface area contributed by atoms with Gasteiger partial charge in [-0.25, -0.2) is 4.98 Å². The lowest BCUT2D eigenvalue weighted by molar-refractivity contribution is 0.402. The summed E-state index contributed by atoms with van der Waals surface area (Å²) in [5.74, 6) is 2.58. The maximum absolute atomic E-state index is 4.65. The van der Waals surface area contributed by atoms with Gasteiger partial charge in [0.1, 0.15) is 5.82 Å². The van der Waals surface area contributed by atoms with Crippen molar-refractivity contribution < 1.29 is 0 Å². The molecule has 0 unspecified atom stereocenters. The van der Waals surface area contributed by atoms with Crippen LogP contribution in [0.2, 0.25) is 0 Å². The zero-order valence-electron chi connectivity index (χ0n) is 13.9. The van der Waals surface area contributed by atoms with Crippen LogP contribution in [0.15, 0.2) is 42.6 Å². The minimum atomic E-state index is 0.746. The van der Waals surface area contributed by atoms with Crippen LogP contribution in [-0.2, 0) is 6.42 Å². The number of hydrogen-bond donors (Lipinski definition) is 1. The third-order valence-corrected chi connectivity index (χ3v) is 4.48. The van der Waals surface area contributed by atoms with Gasteiger partial charge in [-0.15, -0.1) is 0 Å². The van der Waals surface area contributed by atoms with E-state index < -0.39 is 0 Å². The number of rotatable bonds is 6. The lowest BCUT2D eigenvalue weighted by Gasteiger charge is -2.33. The number of nitrogens with zero attached hydrogens (tertiary/aromatic N) is 3. The van der Waals surface area contributed by atoms with Gasteiger partial charge in [-0.05, 0) is 43.2 Å². The second-order valence-corrected chi connectivity index (χ2v) is 6.29. The summed E-state index contributed by atoms with van der Waals surface area (Å²) in [6.45, 7) is 5.24. The quantitative estimate of drug-likeness (QED) is 0.882. The maximum Gasteiger partial charge on any atom is 0.224 e. The zero-order valence-corrected chi connectivity index (χ0v) is 13.9. The zero-order chi connectivity index (χ0) is 15.9. The topological polar surface area (TPSA) is 41.1 Å². The molecule has 2 heterocycles. The summed E-state index contributed by atoms with van der Waals surface area (Å²) in [6, 6.07) is 12.9. The highest BCUT2D eigenvalue weighted by atomic mass is 15.2. The van der Waals surface area contributed by atoms with Crippen LogP contribution in [0.4, 0.5) is 11.8 Å². The molecule has 1 aliphatic heterocycles. The van der Waals surface area contributed by atoms with Crippen LogP contribution in [0.3, 0.4) is 0 Å². The van der Waals surface area contributed by atoms with Crippen LogP contribution in [0.5, 0.6) is 0 Å². The van der Waals surface area contributed by atoms with Gasteiger partial charge in [0, 0.05) is 25.8 Å². The van der Waals surface area contributed by atoms with E-state index in [4.69, 9.17) is 0 Å². The monoisotopic (exact) mass is 310 g/mol. The molecule has 4 nitrogen and oxygen atoms in total. The van der Waals surface area contributed by atoms with E-state index in [-0.39, 0.29) is 0 Å². The SMILES string of the molecule is CCCNc1nccc(N2CCC(Cc3ccccc3)CC2)n1. The van der Waals surface area contributed by atoms with Gasteiger partial charge in [0.05, 0.1) is 0 Å². The van der Waals surface area contributed by atoms with E-state index in [9.17, 15) is 0 Å². The number of hydrogen-bond acceptors (Lipinski definition) is 4. The summed E-state index contributed by atoms with van der Waals surface area (Å²) < 4.78 is 0. The van der Waals surface area contributed by atoms with Crippen LogP contribution in [0.1, 0.15) is 31.7 Å². The first kappa shape index (κ1) is 15.8. The highest BCUT2D eigenvalue weighted by molar-refractivity contribution is 5.42. The molecule has 1 aromatic heterocycles. The van der Waals surface area contributed by atoms with E-state index in [0.717, 1.165) is 43.7 Å². The molecule has 0 atom stereocenters. The Hall–Kier alpha value is -2.10. The first-order valence-electron chi connectivity index (χ1n) is 8.71. The van der Waals surface area contributed by atoms with Gasteiger partial charge in [-0.1, -0.05) is 37.3 Å². The molecule has 0 saturated carbocycles. The number of anilines is 2. The number of benzene rings is 1. The van der Waals surface area contributed by atoms with Gasteiger partial charge in [-0.2, -0.15) is 4.98 Å². The molecule has 1 aliphatic rings. The normalized spacial score (nSPS) is 15.6. The molecule has 4 heteroatoms. The lowest BCUT2D eigenvalue weighted by atomic mass is 9.90. The molecule has 2 aromatic rings. The molecule has 0 bridgehead atoms. The molecule has 122 valence electrons. The highest BCUT2D eigenvalue weighted by Gasteiger charge is 2.20. The average Bonchev–Trinajstić information content (AvgIpc) is 2.62. The van der Waals surface area contributed by atoms with E-state index in [1.165, 1.54) is 24.8 Å². The number of nitrogens with one attached hydrogen (secondary N) is 1. The van der Waals surface area contributed by atoms with Crippen molar-refractivity contribution in [1.29, 1.82) is 0 Å². The predicted octanol–water partition coefficient (Wildman–Crippen LogP) is 3.76. The maximum atomic E-state index is 4.65. The highest BCUT2D eigenvalue weighted by Crippen LogP contribution is 2.25. The Morgan fingerprint density at radius 2 is 1.91 bits per heavy atom. The molecule has 0 radical (unpaired) electrons. The van der Waals surface area contributed by atoms with Crippen LogP contribution >= 0.6 is 0 Å². The molecule has 3 rings (SSSR count). The van der Waals surface area contributed by atoms with Crippen LogP contribution in [0.25, 0.3) is 0 Å². The molecule has 0 amide bonds. The van der Waals surface area contributed by atoms with Crippen molar-refractivity contribution in [3.8, 4) is 0 Å². The standard InChI is InChI=1S/C19H26N4/c1-2-11-20-19-21-12-8-18(22-19)23-13-9-17(10-14-23)15-16-6-4-3-5-7-16/h3-8,12,17H,2,9-11,13-15H2,1H3,(H,20,21,22). The summed E-state index contributed by atoms with van der Waals surface area (Å²) in [6.07, 6.45) is 6.60. The van der Waals surface area contributed by atoms with Crippen molar-refractivity contribution in [1.82, 2.24) is 9.97 Å². The minimum absolute atomic E-state index is 0.746. The summed E-state index contributed by atoms with van der Waals surface area (Å²) in [5, 5.41) is 3.27. The van der Waals surface area contributed by atoms with E-state index in [0.29, 0.717) is 0 Å². The molecule has 0 aliphatic carbocycles. The molecule has 1 N–H and O–H groups in total. The average molecular weight is 310 g/mol. The Balaban J connectivity index is 1.54. The Morgan fingerprint density at radius 3 is 2.65 bits per heavy atom. The summed E-state index contributed by atoms with van der Waals surface area (Å²) in [5.41, 5.74) is 1.46. The van der Waals surface area contributed by atoms with Crippen LogP contribution in [-0.4, -0.2) is 29.6 Å². The van der Waals surface area contributed by atoms with Crippen molar-refractivity contribution in [2.24, 2.45) is 5.92 Å². The Labute approximate surface area is 139 Å². The van der Waals surface area contributed by atoms with Gasteiger partial charge in [0.25, 0.3) is 0 Å². The van der Waals surface area contributed by atoms with Crippen LogP contribution < -0.4 is 10.2 Å². The van der Waals surface area contributed by atoms with Gasteiger partial charge < -0.3 is 10.2 Å². The van der Waals surface area contributed by atoms with Crippen molar-refractivity contribution in [3.63, 3.8) is 0 Å². The largest absolute Gasteiger partial charge is 0.356 e. The second-order valence-electron chi connectivity index (χ2n) is 6.29. The third-order valence-electron chi connectivity index (χ3n) is 4.48. The molecule has 23 heavy (non-hydrogen) atoms. The fraction of sp³-hybridized carbons (Fsp3) is 0.474. The molecule has 1 fully saturated rings. The number of aromatic nitrogens is 2. The molecular formula is C19H26N4. The fourth-order valence-corrected chi connectivity index (χ4v) is 3.16. The van der Waals surface area contributed by atoms with Gasteiger partial charge in [0.2, 0.25) is 5.95 Å². The molecule has 1 aromatic carbocycles. The van der Waals surface area contributed by atoms with Crippen molar-refractivity contribution in [2.45, 2.75) is 32.6 Å². The Bertz CT molecular complexity index is 591. The van der Waals surface area contributed by atoms with Crippen molar-refractivity contribution >= 4 is 11.8 Å². The van der Waals surface area contributed by atoms with Crippen LogP contribution in [0, 0.1) is 5.92 Å². The third kappa shape index (κ3) is 4.44. The van der Waals surface area contributed by atoms with Crippen molar-refractivity contribution in [3.05, 3.63) is 48.2 Å². The van der Waals surface area contributed by atoms with E-state index in [1.807, 2.05) is 12.3 Å². The fourth-order valence-electron chi connectivity index (χ4n) is 3.16. The minimum Gasteiger partial charge on any atom is -0.356 e. The summed E-state index contributed by atoms with van der Waals surface area (Å²) >= 11 is 0. The molecule has 0 spiro atoms. The first-order valence-corrected chi connectivity index (χ1v) is 8.71. The Kier molecular flexibility index (Phi) is 5.46. The van der Waals surface area contributed by atoms with E-state index in [1.54, 1.807) is 0 Å². The summed E-state index contributed by atoms with van der Waals surface area (Å²) in [7, 11) is 0. The first-order chi connectivity index (χ1) is 11.3. The van der Waals surface area contributed by atoms with E-state index >= 15 is 0 Å². The van der Waals surface area contributed by atoms with Crippen molar-refractivity contribution in [2.75, 3.05) is 29.9 Å². The number of piperidine rings is 1. The second kappa shape index (κ2) is 7.95.